The van der Waals surface area contributed by atoms with Crippen molar-refractivity contribution in [1.82, 2.24) is 14.7 Å². The van der Waals surface area contributed by atoms with Gasteiger partial charge in [-0.3, -0.25) is 9.59 Å². The van der Waals surface area contributed by atoms with Gasteiger partial charge in [0.2, 0.25) is 11.8 Å². The summed E-state index contributed by atoms with van der Waals surface area (Å²) in [6.07, 6.45) is 6.67. The zero-order valence-corrected chi connectivity index (χ0v) is 20.6. The Balaban J connectivity index is 2.90. The van der Waals surface area contributed by atoms with Gasteiger partial charge in [-0.1, -0.05) is 60.3 Å². The van der Waals surface area contributed by atoms with Gasteiger partial charge in [-0.25, -0.2) is 4.68 Å². The van der Waals surface area contributed by atoms with E-state index in [4.69, 9.17) is 5.10 Å². The van der Waals surface area contributed by atoms with Gasteiger partial charge in [-0.2, -0.15) is 5.10 Å². The van der Waals surface area contributed by atoms with E-state index in [0.717, 1.165) is 44.2 Å². The maximum Gasteiger partial charge on any atom is 0.245 e. The first-order valence-electron chi connectivity index (χ1n) is 11.6. The van der Waals surface area contributed by atoms with Gasteiger partial charge in [0.1, 0.15) is 5.82 Å². The summed E-state index contributed by atoms with van der Waals surface area (Å²) in [5.41, 5.74) is 0.559. The van der Waals surface area contributed by atoms with Crippen molar-refractivity contribution in [3.05, 3.63) is 11.8 Å². The van der Waals surface area contributed by atoms with Crippen LogP contribution in [0.4, 0.5) is 5.82 Å². The van der Waals surface area contributed by atoms with Crippen LogP contribution in [0.5, 0.6) is 0 Å². The van der Waals surface area contributed by atoms with Crippen LogP contribution in [0.3, 0.4) is 0 Å². The lowest BCUT2D eigenvalue weighted by Crippen LogP contribution is -2.39. The molecule has 2 amide bonds. The van der Waals surface area contributed by atoms with E-state index >= 15 is 0 Å². The molecular weight excluding hydrogens is 376 g/mol. The second kappa shape index (κ2) is 11.5. The Morgan fingerprint density at radius 2 is 1.63 bits per heavy atom. The summed E-state index contributed by atoms with van der Waals surface area (Å²) in [6, 6.07) is 1.95. The van der Waals surface area contributed by atoms with Crippen molar-refractivity contribution >= 4 is 17.6 Å². The van der Waals surface area contributed by atoms with Crippen LogP contribution in [0.1, 0.15) is 106 Å². The average molecular weight is 421 g/mol. The van der Waals surface area contributed by atoms with Crippen LogP contribution in [-0.2, 0) is 20.5 Å². The Kier molecular flexibility index (Phi) is 10.1. The molecule has 1 aromatic rings. The summed E-state index contributed by atoms with van der Waals surface area (Å²) in [4.78, 5) is 27.3. The van der Waals surface area contributed by atoms with E-state index in [9.17, 15) is 9.59 Å². The van der Waals surface area contributed by atoms with Gasteiger partial charge in [0, 0.05) is 24.4 Å². The molecule has 0 unspecified atom stereocenters. The average Bonchev–Trinajstić information content (AvgIpc) is 3.06. The van der Waals surface area contributed by atoms with Gasteiger partial charge >= 0.3 is 0 Å². The second-order valence-electron chi connectivity index (χ2n) is 10.3. The van der Waals surface area contributed by atoms with Gasteiger partial charge in [-0.05, 0) is 33.6 Å². The predicted molar refractivity (Wildman–Crippen MR) is 125 cm³/mol. The van der Waals surface area contributed by atoms with Gasteiger partial charge in [0.15, 0.2) is 0 Å². The van der Waals surface area contributed by atoms with Crippen LogP contribution >= 0.6 is 0 Å². The molecule has 172 valence electrons. The molecule has 0 fully saturated rings. The van der Waals surface area contributed by atoms with E-state index in [2.05, 4.69) is 60.7 Å². The summed E-state index contributed by atoms with van der Waals surface area (Å²) in [5, 5.41) is 7.76. The number of nitrogens with zero attached hydrogens (tertiary/aromatic N) is 3. The van der Waals surface area contributed by atoms with Gasteiger partial charge in [0.25, 0.3) is 0 Å². The van der Waals surface area contributed by atoms with Crippen LogP contribution < -0.4 is 5.32 Å². The standard InChI is InChI=1S/C24H44N4O2/c1-9-11-13-14-15-22(30)27(16-12-10-2)18-21(29)25-20-17-19(23(3,4)5)26-28(20)24(6,7)8/h17H,9-16,18H2,1-8H3,(H,25,29). The lowest BCUT2D eigenvalue weighted by atomic mass is 9.92. The SMILES string of the molecule is CCCCCCC(=O)N(CCCC)CC(=O)Nc1cc(C(C)(C)C)nn1C(C)(C)C. The lowest BCUT2D eigenvalue weighted by molar-refractivity contribution is -0.134. The quantitative estimate of drug-likeness (QED) is 0.482. The molecule has 0 spiro atoms. The summed E-state index contributed by atoms with van der Waals surface area (Å²) >= 11 is 0. The second-order valence-corrected chi connectivity index (χ2v) is 10.3. The minimum Gasteiger partial charge on any atom is -0.333 e. The van der Waals surface area contributed by atoms with Crippen molar-refractivity contribution in [2.45, 2.75) is 111 Å². The minimum absolute atomic E-state index is 0.0782. The topological polar surface area (TPSA) is 67.2 Å². The van der Waals surface area contributed by atoms with Crippen LogP contribution in [-0.4, -0.2) is 39.6 Å². The lowest BCUT2D eigenvalue weighted by Gasteiger charge is -2.24. The number of hydrogen-bond acceptors (Lipinski definition) is 3. The van der Waals surface area contributed by atoms with E-state index in [0.29, 0.717) is 18.8 Å². The summed E-state index contributed by atoms with van der Waals surface area (Å²) in [5.74, 6) is 0.594. The monoisotopic (exact) mass is 420 g/mol. The molecular formula is C24H44N4O2. The maximum absolute atomic E-state index is 12.9. The van der Waals surface area contributed by atoms with Crippen molar-refractivity contribution < 1.29 is 9.59 Å². The largest absolute Gasteiger partial charge is 0.333 e. The first-order chi connectivity index (χ1) is 13.9. The van der Waals surface area contributed by atoms with Crippen LogP contribution in [0, 0.1) is 0 Å². The Hall–Kier alpha value is -1.85. The highest BCUT2D eigenvalue weighted by Crippen LogP contribution is 2.28. The van der Waals surface area contributed by atoms with E-state index in [-0.39, 0.29) is 29.3 Å². The number of hydrogen-bond donors (Lipinski definition) is 1. The fourth-order valence-corrected chi connectivity index (χ4v) is 3.21. The maximum atomic E-state index is 12.9. The highest BCUT2D eigenvalue weighted by molar-refractivity contribution is 5.94. The number of nitrogens with one attached hydrogen (secondary N) is 1. The highest BCUT2D eigenvalue weighted by atomic mass is 16.2. The molecule has 6 nitrogen and oxygen atoms in total. The number of aromatic nitrogens is 2. The van der Waals surface area contributed by atoms with E-state index in [1.54, 1.807) is 4.90 Å². The predicted octanol–water partition coefficient (Wildman–Crippen LogP) is 5.47. The van der Waals surface area contributed by atoms with Crippen LogP contribution in [0.2, 0.25) is 0 Å². The molecule has 30 heavy (non-hydrogen) atoms. The molecule has 1 rings (SSSR count). The molecule has 0 saturated heterocycles. The van der Waals surface area contributed by atoms with Crippen LogP contribution in [0.25, 0.3) is 0 Å². The van der Waals surface area contributed by atoms with Crippen molar-refractivity contribution in [1.29, 1.82) is 0 Å². The number of carbonyl (C=O) groups is 2. The number of amides is 2. The number of anilines is 1. The highest BCUT2D eigenvalue weighted by Gasteiger charge is 2.26. The fraction of sp³-hybridized carbons (Fsp3) is 0.792. The van der Waals surface area contributed by atoms with Crippen molar-refractivity contribution in [2.75, 3.05) is 18.4 Å². The zero-order valence-electron chi connectivity index (χ0n) is 20.6. The van der Waals surface area contributed by atoms with Crippen LogP contribution in [0.15, 0.2) is 6.07 Å². The molecule has 0 atom stereocenters. The first kappa shape index (κ1) is 26.2. The number of rotatable bonds is 11. The van der Waals surface area contributed by atoms with Crippen molar-refractivity contribution in [2.24, 2.45) is 0 Å². The summed E-state index contributed by atoms with van der Waals surface area (Å²) < 4.78 is 1.87. The smallest absolute Gasteiger partial charge is 0.245 e. The Bertz CT molecular complexity index is 680. The summed E-state index contributed by atoms with van der Waals surface area (Å²) in [7, 11) is 0. The molecule has 0 aromatic carbocycles. The third kappa shape index (κ3) is 8.49. The normalized spacial score (nSPS) is 12.1. The molecule has 1 aromatic heterocycles. The molecule has 0 radical (unpaired) electrons. The third-order valence-corrected chi connectivity index (χ3v) is 5.09. The molecule has 1 heterocycles. The fourth-order valence-electron chi connectivity index (χ4n) is 3.21. The van der Waals surface area contributed by atoms with E-state index < -0.39 is 0 Å². The zero-order chi connectivity index (χ0) is 22.9. The minimum atomic E-state index is -0.261. The van der Waals surface area contributed by atoms with E-state index in [1.165, 1.54) is 0 Å². The summed E-state index contributed by atoms with van der Waals surface area (Å²) in [6.45, 7) is 17.5. The molecule has 0 saturated carbocycles. The van der Waals surface area contributed by atoms with E-state index in [1.807, 2.05) is 10.7 Å². The molecule has 0 aliphatic rings. The molecule has 1 N–H and O–H groups in total. The van der Waals surface area contributed by atoms with Gasteiger partial charge < -0.3 is 10.2 Å². The van der Waals surface area contributed by atoms with Crippen molar-refractivity contribution in [3.8, 4) is 0 Å². The number of unbranched alkanes of at least 4 members (excludes halogenated alkanes) is 4. The molecule has 0 bridgehead atoms. The van der Waals surface area contributed by atoms with Gasteiger partial charge in [0.05, 0.1) is 17.8 Å². The molecule has 6 heteroatoms. The molecule has 0 aliphatic carbocycles. The molecule has 0 aliphatic heterocycles. The first-order valence-corrected chi connectivity index (χ1v) is 11.6. The van der Waals surface area contributed by atoms with Gasteiger partial charge in [-0.15, -0.1) is 0 Å². The Morgan fingerprint density at radius 3 is 2.17 bits per heavy atom. The van der Waals surface area contributed by atoms with Crippen molar-refractivity contribution in [3.63, 3.8) is 0 Å². The third-order valence-electron chi connectivity index (χ3n) is 5.09. The number of carbonyl (C=O) groups excluding carboxylic acids is 2. The Morgan fingerprint density at radius 1 is 1.00 bits per heavy atom. The Labute approximate surface area is 183 Å².